The van der Waals surface area contributed by atoms with E-state index in [0.717, 1.165) is 24.9 Å². The van der Waals surface area contributed by atoms with Gasteiger partial charge in [-0.15, -0.1) is 10.2 Å². The SMILES string of the molecule is COCCN(C)CCn1c(CO)nnc1SCC(=O)O. The first-order valence-electron chi connectivity index (χ1n) is 6.13. The van der Waals surface area contributed by atoms with Crippen molar-refractivity contribution in [1.29, 1.82) is 0 Å². The van der Waals surface area contributed by atoms with Gasteiger partial charge < -0.3 is 24.4 Å². The van der Waals surface area contributed by atoms with Crippen LogP contribution in [-0.4, -0.2) is 75.5 Å². The van der Waals surface area contributed by atoms with E-state index in [1.165, 1.54) is 0 Å². The first-order valence-corrected chi connectivity index (χ1v) is 7.12. The number of rotatable bonds is 10. The summed E-state index contributed by atoms with van der Waals surface area (Å²) >= 11 is 1.10. The highest BCUT2D eigenvalue weighted by molar-refractivity contribution is 7.99. The van der Waals surface area contributed by atoms with E-state index in [4.69, 9.17) is 9.84 Å². The zero-order valence-electron chi connectivity index (χ0n) is 11.7. The molecule has 2 N–H and O–H groups in total. The van der Waals surface area contributed by atoms with Crippen molar-refractivity contribution in [1.82, 2.24) is 19.7 Å². The van der Waals surface area contributed by atoms with Crippen molar-refractivity contribution in [2.45, 2.75) is 18.3 Å². The maximum Gasteiger partial charge on any atom is 0.313 e. The molecule has 114 valence electrons. The lowest BCUT2D eigenvalue weighted by molar-refractivity contribution is -0.133. The van der Waals surface area contributed by atoms with E-state index >= 15 is 0 Å². The smallest absolute Gasteiger partial charge is 0.313 e. The molecule has 0 amide bonds. The van der Waals surface area contributed by atoms with Crippen molar-refractivity contribution < 1.29 is 19.7 Å². The van der Waals surface area contributed by atoms with Gasteiger partial charge in [-0.3, -0.25) is 4.79 Å². The molecule has 8 nitrogen and oxygen atoms in total. The molecule has 0 aromatic carbocycles. The predicted octanol–water partition coefficient (Wildman–Crippen LogP) is -0.475. The molecule has 0 fully saturated rings. The Morgan fingerprint density at radius 3 is 2.80 bits per heavy atom. The number of carboxylic acid groups (broad SMARTS) is 1. The van der Waals surface area contributed by atoms with Crippen LogP contribution in [0.25, 0.3) is 0 Å². The summed E-state index contributed by atoms with van der Waals surface area (Å²) < 4.78 is 6.75. The highest BCUT2D eigenvalue weighted by Crippen LogP contribution is 2.16. The summed E-state index contributed by atoms with van der Waals surface area (Å²) in [7, 11) is 3.62. The summed E-state index contributed by atoms with van der Waals surface area (Å²) in [5, 5.41) is 26.2. The number of carbonyl (C=O) groups is 1. The van der Waals surface area contributed by atoms with Gasteiger partial charge in [-0.2, -0.15) is 0 Å². The van der Waals surface area contributed by atoms with Gasteiger partial charge in [0.1, 0.15) is 6.61 Å². The van der Waals surface area contributed by atoms with E-state index in [0.29, 0.717) is 24.1 Å². The Balaban J connectivity index is 2.61. The number of hydrogen-bond acceptors (Lipinski definition) is 7. The number of nitrogens with zero attached hydrogens (tertiary/aromatic N) is 4. The minimum absolute atomic E-state index is 0.0803. The molecule has 0 saturated carbocycles. The Morgan fingerprint density at radius 1 is 1.45 bits per heavy atom. The lowest BCUT2D eigenvalue weighted by Crippen LogP contribution is -2.27. The van der Waals surface area contributed by atoms with E-state index in [2.05, 4.69) is 15.1 Å². The molecular formula is C11H20N4O4S. The van der Waals surface area contributed by atoms with Crippen molar-refractivity contribution in [3.05, 3.63) is 5.82 Å². The molecule has 0 aliphatic rings. The van der Waals surface area contributed by atoms with Gasteiger partial charge in [0.05, 0.1) is 12.4 Å². The van der Waals surface area contributed by atoms with Crippen molar-refractivity contribution in [3.63, 3.8) is 0 Å². The van der Waals surface area contributed by atoms with E-state index < -0.39 is 5.97 Å². The maximum absolute atomic E-state index is 10.6. The number of hydrogen-bond donors (Lipinski definition) is 2. The fourth-order valence-corrected chi connectivity index (χ4v) is 2.23. The second kappa shape index (κ2) is 8.90. The Hall–Kier alpha value is -1.16. The Morgan fingerprint density at radius 2 is 2.20 bits per heavy atom. The van der Waals surface area contributed by atoms with Gasteiger partial charge in [0, 0.05) is 26.7 Å². The summed E-state index contributed by atoms with van der Waals surface area (Å²) in [6.45, 7) is 2.54. The second-order valence-corrected chi connectivity index (χ2v) is 5.13. The second-order valence-electron chi connectivity index (χ2n) is 4.19. The zero-order valence-corrected chi connectivity index (χ0v) is 12.5. The van der Waals surface area contributed by atoms with E-state index in [9.17, 15) is 9.90 Å². The average Bonchev–Trinajstić information content (AvgIpc) is 2.82. The maximum atomic E-state index is 10.6. The summed E-state index contributed by atoms with van der Waals surface area (Å²) in [4.78, 5) is 12.7. The van der Waals surface area contributed by atoms with Crippen LogP contribution in [-0.2, 0) is 22.7 Å². The Labute approximate surface area is 121 Å². The first-order chi connectivity index (χ1) is 9.58. The average molecular weight is 304 g/mol. The van der Waals surface area contributed by atoms with Crippen LogP contribution < -0.4 is 0 Å². The fraction of sp³-hybridized carbons (Fsp3) is 0.727. The van der Waals surface area contributed by atoms with Gasteiger partial charge in [-0.1, -0.05) is 11.8 Å². The number of methoxy groups -OCH3 is 1. The molecule has 0 unspecified atom stereocenters. The van der Waals surface area contributed by atoms with Crippen molar-refractivity contribution >= 4 is 17.7 Å². The van der Waals surface area contributed by atoms with Gasteiger partial charge in [0.25, 0.3) is 0 Å². The molecule has 0 bridgehead atoms. The molecule has 0 saturated heterocycles. The Kier molecular flexibility index (Phi) is 7.52. The molecule has 0 spiro atoms. The minimum atomic E-state index is -0.910. The third-order valence-electron chi connectivity index (χ3n) is 2.64. The lowest BCUT2D eigenvalue weighted by atomic mass is 10.5. The summed E-state index contributed by atoms with van der Waals surface area (Å²) in [6.07, 6.45) is 0. The Bertz CT molecular complexity index is 427. The molecule has 1 aromatic heterocycles. The van der Waals surface area contributed by atoms with Crippen LogP contribution in [0, 0.1) is 0 Å². The molecule has 0 aliphatic heterocycles. The van der Waals surface area contributed by atoms with Crippen LogP contribution in [0.4, 0.5) is 0 Å². The minimum Gasteiger partial charge on any atom is -0.481 e. The van der Waals surface area contributed by atoms with Gasteiger partial charge in [-0.05, 0) is 7.05 Å². The lowest BCUT2D eigenvalue weighted by Gasteiger charge is -2.17. The quantitative estimate of drug-likeness (QED) is 0.559. The van der Waals surface area contributed by atoms with Crippen molar-refractivity contribution in [3.8, 4) is 0 Å². The normalized spacial score (nSPS) is 11.2. The highest BCUT2D eigenvalue weighted by Gasteiger charge is 2.13. The van der Waals surface area contributed by atoms with Gasteiger partial charge >= 0.3 is 5.97 Å². The fourth-order valence-electron chi connectivity index (χ4n) is 1.52. The molecule has 20 heavy (non-hydrogen) atoms. The standard InChI is InChI=1S/C11H20N4O4S/c1-14(5-6-19-2)3-4-15-9(7-16)12-13-11(15)20-8-10(17)18/h16H,3-8H2,1-2H3,(H,17,18). The number of aromatic nitrogens is 3. The number of aliphatic hydroxyl groups excluding tert-OH is 1. The molecule has 0 atom stereocenters. The topological polar surface area (TPSA) is 101 Å². The van der Waals surface area contributed by atoms with E-state index in [1.54, 1.807) is 11.7 Å². The monoisotopic (exact) mass is 304 g/mol. The largest absolute Gasteiger partial charge is 0.481 e. The van der Waals surface area contributed by atoms with Crippen molar-refractivity contribution in [2.75, 3.05) is 39.6 Å². The number of likely N-dealkylation sites (N-methyl/N-ethyl adjacent to an activating group) is 1. The third-order valence-corrected chi connectivity index (χ3v) is 3.59. The number of carboxylic acids is 1. The molecule has 9 heteroatoms. The third kappa shape index (κ3) is 5.45. The molecule has 0 aliphatic carbocycles. The summed E-state index contributed by atoms with van der Waals surface area (Å²) in [5.41, 5.74) is 0. The number of ether oxygens (including phenoxy) is 1. The van der Waals surface area contributed by atoms with Crippen LogP contribution in [0.15, 0.2) is 5.16 Å². The number of aliphatic carboxylic acids is 1. The van der Waals surface area contributed by atoms with E-state index in [-0.39, 0.29) is 12.4 Å². The van der Waals surface area contributed by atoms with Crippen molar-refractivity contribution in [2.24, 2.45) is 0 Å². The van der Waals surface area contributed by atoms with Crippen LogP contribution in [0.3, 0.4) is 0 Å². The van der Waals surface area contributed by atoms with Crippen LogP contribution in [0.2, 0.25) is 0 Å². The first kappa shape index (κ1) is 16.9. The van der Waals surface area contributed by atoms with E-state index in [1.807, 2.05) is 7.05 Å². The molecule has 0 radical (unpaired) electrons. The number of thioether (sulfide) groups is 1. The van der Waals surface area contributed by atoms with Gasteiger partial charge in [-0.25, -0.2) is 0 Å². The number of aliphatic hydroxyl groups is 1. The molecular weight excluding hydrogens is 284 g/mol. The zero-order chi connectivity index (χ0) is 15.0. The van der Waals surface area contributed by atoms with Crippen LogP contribution in [0.5, 0.6) is 0 Å². The molecule has 1 heterocycles. The molecule has 1 aromatic rings. The van der Waals surface area contributed by atoms with Crippen LogP contribution >= 0.6 is 11.8 Å². The predicted molar refractivity (Wildman–Crippen MR) is 73.7 cm³/mol. The van der Waals surface area contributed by atoms with Crippen LogP contribution in [0.1, 0.15) is 5.82 Å². The highest BCUT2D eigenvalue weighted by atomic mass is 32.2. The van der Waals surface area contributed by atoms with Gasteiger partial charge in [0.15, 0.2) is 11.0 Å². The summed E-state index contributed by atoms with van der Waals surface area (Å²) in [5.74, 6) is -0.548. The van der Waals surface area contributed by atoms with Gasteiger partial charge in [0.2, 0.25) is 0 Å². The summed E-state index contributed by atoms with van der Waals surface area (Å²) in [6, 6.07) is 0. The molecule has 1 rings (SSSR count).